The normalized spacial score (nSPS) is 11.0. The van der Waals surface area contributed by atoms with Crippen molar-refractivity contribution < 1.29 is 5.11 Å². The number of para-hydroxylation sites is 1. The predicted molar refractivity (Wildman–Crippen MR) is 67.6 cm³/mol. The lowest BCUT2D eigenvalue weighted by molar-refractivity contribution is 0.281. The molecule has 0 spiro atoms. The summed E-state index contributed by atoms with van der Waals surface area (Å²) in [4.78, 5) is 4.20. The number of pyridine rings is 1. The van der Waals surface area contributed by atoms with Crippen molar-refractivity contribution in [3.05, 3.63) is 47.1 Å². The quantitative estimate of drug-likeness (QED) is 0.765. The van der Waals surface area contributed by atoms with Gasteiger partial charge in [0, 0.05) is 11.8 Å². The van der Waals surface area contributed by atoms with Gasteiger partial charge in [0.25, 0.3) is 0 Å². The van der Waals surface area contributed by atoms with Crippen LogP contribution < -0.4 is 0 Å². The Morgan fingerprint density at radius 3 is 2.94 bits per heavy atom. The SMILES string of the molecule is OCc1cc(-n2nnc3ccccc32)ncc1Cl. The molecular weight excluding hydrogens is 252 g/mol. The van der Waals surface area contributed by atoms with Gasteiger partial charge in [0.2, 0.25) is 0 Å². The summed E-state index contributed by atoms with van der Waals surface area (Å²) >= 11 is 5.91. The maximum absolute atomic E-state index is 9.20. The molecule has 6 heteroatoms. The van der Waals surface area contributed by atoms with Crippen LogP contribution in [0.5, 0.6) is 0 Å². The molecule has 1 aromatic carbocycles. The molecule has 0 aliphatic rings. The minimum atomic E-state index is -0.138. The van der Waals surface area contributed by atoms with E-state index in [4.69, 9.17) is 11.6 Å². The molecule has 2 aromatic heterocycles. The van der Waals surface area contributed by atoms with Gasteiger partial charge in [-0.15, -0.1) is 5.10 Å². The van der Waals surface area contributed by atoms with Crippen LogP contribution in [-0.4, -0.2) is 25.1 Å². The van der Waals surface area contributed by atoms with Gasteiger partial charge in [-0.05, 0) is 18.2 Å². The van der Waals surface area contributed by atoms with Crippen LogP contribution >= 0.6 is 11.6 Å². The van der Waals surface area contributed by atoms with Gasteiger partial charge < -0.3 is 5.11 Å². The number of benzene rings is 1. The lowest BCUT2D eigenvalue weighted by atomic mass is 10.2. The molecule has 0 aliphatic carbocycles. The van der Waals surface area contributed by atoms with E-state index in [1.54, 1.807) is 10.7 Å². The van der Waals surface area contributed by atoms with Crippen molar-refractivity contribution in [3.63, 3.8) is 0 Å². The second-order valence-corrected chi connectivity index (χ2v) is 4.19. The van der Waals surface area contributed by atoms with Gasteiger partial charge in [-0.25, -0.2) is 4.98 Å². The number of aliphatic hydroxyl groups is 1. The summed E-state index contributed by atoms with van der Waals surface area (Å²) in [6.45, 7) is -0.138. The Hall–Kier alpha value is -1.98. The molecule has 2 heterocycles. The Kier molecular flexibility index (Phi) is 2.70. The molecule has 3 rings (SSSR count). The Morgan fingerprint density at radius 2 is 2.11 bits per heavy atom. The summed E-state index contributed by atoms with van der Waals surface area (Å²) in [5.41, 5.74) is 2.26. The van der Waals surface area contributed by atoms with Crippen LogP contribution in [0, 0.1) is 0 Å². The van der Waals surface area contributed by atoms with Crippen LogP contribution in [-0.2, 0) is 6.61 Å². The molecule has 0 atom stereocenters. The summed E-state index contributed by atoms with van der Waals surface area (Å²) in [5.74, 6) is 0.581. The smallest absolute Gasteiger partial charge is 0.156 e. The number of hydrogen-bond donors (Lipinski definition) is 1. The van der Waals surface area contributed by atoms with E-state index in [0.29, 0.717) is 16.4 Å². The molecule has 90 valence electrons. The monoisotopic (exact) mass is 260 g/mol. The Bertz CT molecular complexity index is 710. The maximum Gasteiger partial charge on any atom is 0.156 e. The third-order valence-corrected chi connectivity index (χ3v) is 3.00. The number of nitrogens with zero attached hydrogens (tertiary/aromatic N) is 4. The average molecular weight is 261 g/mol. The molecule has 0 saturated carbocycles. The molecule has 18 heavy (non-hydrogen) atoms. The van der Waals surface area contributed by atoms with Gasteiger partial charge in [-0.2, -0.15) is 4.68 Å². The molecule has 0 fully saturated rings. The van der Waals surface area contributed by atoms with Crippen LogP contribution in [0.1, 0.15) is 5.56 Å². The zero-order valence-corrected chi connectivity index (χ0v) is 10.0. The fourth-order valence-corrected chi connectivity index (χ4v) is 1.91. The molecule has 0 aliphatic heterocycles. The summed E-state index contributed by atoms with van der Waals surface area (Å²) < 4.78 is 1.62. The van der Waals surface area contributed by atoms with Gasteiger partial charge in [0.15, 0.2) is 5.82 Å². The first-order valence-electron chi connectivity index (χ1n) is 5.35. The Morgan fingerprint density at radius 1 is 1.28 bits per heavy atom. The molecule has 0 unspecified atom stereocenters. The highest BCUT2D eigenvalue weighted by Gasteiger charge is 2.09. The van der Waals surface area contributed by atoms with Gasteiger partial charge in [-0.3, -0.25) is 0 Å². The van der Waals surface area contributed by atoms with Gasteiger partial charge in [0.05, 0.1) is 17.1 Å². The van der Waals surface area contributed by atoms with Gasteiger partial charge in [0.1, 0.15) is 5.52 Å². The van der Waals surface area contributed by atoms with Crippen LogP contribution in [0.15, 0.2) is 36.5 Å². The number of aromatic nitrogens is 4. The molecule has 1 N–H and O–H groups in total. The Balaban J connectivity index is 2.20. The van der Waals surface area contributed by atoms with E-state index in [1.165, 1.54) is 6.20 Å². The largest absolute Gasteiger partial charge is 0.392 e. The number of aliphatic hydroxyl groups excluding tert-OH is 1. The molecule has 0 radical (unpaired) electrons. The number of fused-ring (bicyclic) bond motifs is 1. The first kappa shape index (κ1) is 11.1. The molecular formula is C12H9ClN4O. The first-order chi connectivity index (χ1) is 8.79. The van der Waals surface area contributed by atoms with Crippen LogP contribution in [0.2, 0.25) is 5.02 Å². The van der Waals surface area contributed by atoms with E-state index in [-0.39, 0.29) is 6.61 Å². The zero-order chi connectivity index (χ0) is 12.5. The molecule has 0 bridgehead atoms. The van der Waals surface area contributed by atoms with Crippen molar-refractivity contribution in [1.82, 2.24) is 20.0 Å². The standard InChI is InChI=1S/C12H9ClN4O/c13-9-6-14-12(5-8(9)7-18)17-11-4-2-1-3-10(11)15-16-17/h1-6,18H,7H2. The van der Waals surface area contributed by atoms with E-state index >= 15 is 0 Å². The van der Waals surface area contributed by atoms with E-state index in [1.807, 2.05) is 24.3 Å². The summed E-state index contributed by atoms with van der Waals surface area (Å²) in [6.07, 6.45) is 1.50. The Labute approximate surface area is 108 Å². The first-order valence-corrected chi connectivity index (χ1v) is 5.73. The van der Waals surface area contributed by atoms with E-state index in [9.17, 15) is 5.11 Å². The number of halogens is 1. The molecule has 5 nitrogen and oxygen atoms in total. The fraction of sp³-hybridized carbons (Fsp3) is 0.0833. The molecule has 0 saturated heterocycles. The van der Waals surface area contributed by atoms with Crippen LogP contribution in [0.4, 0.5) is 0 Å². The summed E-state index contributed by atoms with van der Waals surface area (Å²) in [5, 5.41) is 17.7. The second-order valence-electron chi connectivity index (χ2n) is 3.78. The topological polar surface area (TPSA) is 63.8 Å². The number of rotatable bonds is 2. The maximum atomic E-state index is 9.20. The minimum absolute atomic E-state index is 0.138. The minimum Gasteiger partial charge on any atom is -0.392 e. The highest BCUT2D eigenvalue weighted by molar-refractivity contribution is 6.31. The lowest BCUT2D eigenvalue weighted by Crippen LogP contribution is -2.01. The third-order valence-electron chi connectivity index (χ3n) is 2.66. The number of hydrogen-bond acceptors (Lipinski definition) is 4. The van der Waals surface area contributed by atoms with Gasteiger partial charge >= 0.3 is 0 Å². The second kappa shape index (κ2) is 4.36. The van der Waals surface area contributed by atoms with Crippen molar-refractivity contribution in [2.45, 2.75) is 6.61 Å². The van der Waals surface area contributed by atoms with E-state index in [2.05, 4.69) is 15.3 Å². The summed E-state index contributed by atoms with van der Waals surface area (Å²) in [7, 11) is 0. The molecule has 0 amide bonds. The predicted octanol–water partition coefficient (Wildman–Crippen LogP) is 1.96. The highest BCUT2D eigenvalue weighted by atomic mass is 35.5. The van der Waals surface area contributed by atoms with Crippen LogP contribution in [0.3, 0.4) is 0 Å². The van der Waals surface area contributed by atoms with Crippen molar-refractivity contribution in [1.29, 1.82) is 0 Å². The van der Waals surface area contributed by atoms with E-state index in [0.717, 1.165) is 11.0 Å². The molecule has 3 aromatic rings. The van der Waals surface area contributed by atoms with E-state index < -0.39 is 0 Å². The summed E-state index contributed by atoms with van der Waals surface area (Å²) in [6, 6.07) is 9.29. The van der Waals surface area contributed by atoms with Crippen LogP contribution in [0.25, 0.3) is 16.9 Å². The van der Waals surface area contributed by atoms with Crippen molar-refractivity contribution >= 4 is 22.6 Å². The van der Waals surface area contributed by atoms with Gasteiger partial charge in [-0.1, -0.05) is 28.9 Å². The van der Waals surface area contributed by atoms with Crippen molar-refractivity contribution in [3.8, 4) is 5.82 Å². The fourth-order valence-electron chi connectivity index (χ4n) is 1.74. The van der Waals surface area contributed by atoms with Crippen molar-refractivity contribution in [2.75, 3.05) is 0 Å². The lowest BCUT2D eigenvalue weighted by Gasteiger charge is -2.04. The zero-order valence-electron chi connectivity index (χ0n) is 9.29. The third kappa shape index (κ3) is 1.73. The average Bonchev–Trinajstić information content (AvgIpc) is 2.83. The highest BCUT2D eigenvalue weighted by Crippen LogP contribution is 2.19. The van der Waals surface area contributed by atoms with Crippen molar-refractivity contribution in [2.24, 2.45) is 0 Å².